The second kappa shape index (κ2) is 12.9. The number of nitrogens with one attached hydrogen (secondary N) is 2. The van der Waals surface area contributed by atoms with E-state index in [0.717, 1.165) is 5.56 Å². The number of aliphatic hydroxyl groups is 1. The van der Waals surface area contributed by atoms with Crippen molar-refractivity contribution < 1.29 is 23.8 Å². The van der Waals surface area contributed by atoms with Crippen LogP contribution in [0.2, 0.25) is 5.02 Å². The highest BCUT2D eigenvalue weighted by atomic mass is 35.5. The van der Waals surface area contributed by atoms with Crippen LogP contribution in [0, 0.1) is 12.7 Å². The maximum absolute atomic E-state index is 15.1. The smallest absolute Gasteiger partial charge is 0.254 e. The molecule has 0 bridgehead atoms. The van der Waals surface area contributed by atoms with Crippen LogP contribution in [-0.2, 0) is 4.79 Å². The van der Waals surface area contributed by atoms with E-state index < -0.39 is 11.9 Å². The number of carbonyl (C=O) groups excluding carboxylic acids is 2. The van der Waals surface area contributed by atoms with Crippen LogP contribution in [0.5, 0.6) is 5.75 Å². The van der Waals surface area contributed by atoms with Crippen molar-refractivity contribution in [3.63, 3.8) is 0 Å². The molecule has 4 heterocycles. The maximum atomic E-state index is 15.1. The number of aliphatic hydroxyl groups excluding tert-OH is 1. The minimum Gasteiger partial charge on any atom is -0.495 e. The lowest BCUT2D eigenvalue weighted by molar-refractivity contribution is -0.134. The average molecular weight is 645 g/mol. The van der Waals surface area contributed by atoms with E-state index in [0.29, 0.717) is 67.6 Å². The van der Waals surface area contributed by atoms with E-state index in [2.05, 4.69) is 20.6 Å². The van der Waals surface area contributed by atoms with Crippen molar-refractivity contribution in [2.45, 2.75) is 25.5 Å². The number of imidazole rings is 1. The van der Waals surface area contributed by atoms with Gasteiger partial charge >= 0.3 is 0 Å². The van der Waals surface area contributed by atoms with Crippen molar-refractivity contribution in [2.24, 2.45) is 0 Å². The highest BCUT2D eigenvalue weighted by Crippen LogP contribution is 2.35. The van der Waals surface area contributed by atoms with E-state index in [1.165, 1.54) is 7.11 Å². The summed E-state index contributed by atoms with van der Waals surface area (Å²) in [4.78, 5) is 38.5. The number of ether oxygens (including phenoxy) is 1. The van der Waals surface area contributed by atoms with Gasteiger partial charge in [0.15, 0.2) is 17.3 Å². The van der Waals surface area contributed by atoms with E-state index in [1.807, 2.05) is 13.0 Å². The molecule has 0 aliphatic carbocycles. The van der Waals surface area contributed by atoms with Gasteiger partial charge in [-0.15, -0.1) is 12.4 Å². The van der Waals surface area contributed by atoms with Crippen LogP contribution in [0.1, 0.15) is 22.3 Å². The van der Waals surface area contributed by atoms with Gasteiger partial charge in [0.25, 0.3) is 5.91 Å². The van der Waals surface area contributed by atoms with Gasteiger partial charge in [-0.2, -0.15) is 0 Å². The number of halogens is 3. The van der Waals surface area contributed by atoms with E-state index in [-0.39, 0.29) is 46.6 Å². The lowest BCUT2D eigenvalue weighted by Crippen LogP contribution is -2.54. The number of amides is 2. The Kier molecular flexibility index (Phi) is 9.26. The number of rotatable bonds is 6. The van der Waals surface area contributed by atoms with E-state index in [9.17, 15) is 14.7 Å². The van der Waals surface area contributed by atoms with Gasteiger partial charge in [-0.25, -0.2) is 14.4 Å². The second-order valence-electron chi connectivity index (χ2n) is 10.7. The second-order valence-corrected chi connectivity index (χ2v) is 11.1. The lowest BCUT2D eigenvalue weighted by Gasteiger charge is -2.36. The largest absolute Gasteiger partial charge is 0.495 e. The Hall–Kier alpha value is -3.97. The third-order valence-corrected chi connectivity index (χ3v) is 8.33. The Balaban J connectivity index is 0.00000384. The Morgan fingerprint density at radius 1 is 1.14 bits per heavy atom. The summed E-state index contributed by atoms with van der Waals surface area (Å²) >= 11 is 6.15. The molecule has 2 aromatic heterocycles. The minimum absolute atomic E-state index is 0. The molecule has 0 unspecified atom stereocenters. The van der Waals surface area contributed by atoms with Crippen molar-refractivity contribution in [1.29, 1.82) is 0 Å². The van der Waals surface area contributed by atoms with E-state index >= 15 is 4.39 Å². The molecule has 0 spiro atoms. The molecule has 2 aliphatic heterocycles. The maximum Gasteiger partial charge on any atom is 0.254 e. The number of carbonyl (C=O) groups is 2. The first-order chi connectivity index (χ1) is 20.7. The number of nitrogens with zero attached hydrogens (tertiary/aromatic N) is 5. The highest BCUT2D eigenvalue weighted by Gasteiger charge is 2.33. The van der Waals surface area contributed by atoms with Crippen molar-refractivity contribution in [1.82, 2.24) is 29.5 Å². The summed E-state index contributed by atoms with van der Waals surface area (Å²) in [6.07, 6.45) is 4.75. The number of hydrogen-bond donors (Lipinski definition) is 3. The SMILES string of the molecule is COc1ccc(-c2cnc3c(Nc4ccc(C(=O)N5CCN(C(=O)[C@@H]6C[C@@H](O)CN6)CC5)c(C)c4)nccn23)c(F)c1Cl.Cl. The zero-order valence-corrected chi connectivity index (χ0v) is 25.7. The molecule has 2 amide bonds. The van der Waals surface area contributed by atoms with Crippen LogP contribution in [0.4, 0.5) is 15.9 Å². The van der Waals surface area contributed by atoms with Gasteiger partial charge in [-0.05, 0) is 49.2 Å². The number of hydrogen-bond acceptors (Lipinski definition) is 8. The monoisotopic (exact) mass is 643 g/mol. The zero-order valence-electron chi connectivity index (χ0n) is 24.1. The molecule has 2 saturated heterocycles. The average Bonchev–Trinajstić information content (AvgIpc) is 3.65. The standard InChI is InChI=1S/C30H31ClFN7O4.ClH/c1-17-13-18(3-4-20(17)29(41)37-9-11-38(12-10-37)30(42)22-14-19(40)15-34-22)36-27-28-35-16-23(39(28)8-7-33-27)21-5-6-24(43-2)25(31)26(21)32;/h3-8,13,16,19,22,34,40H,9-12,14-15H2,1-2H3,(H,33,36);1H/t19-,22+;/m1./s1. The Bertz CT molecular complexity index is 1710. The summed E-state index contributed by atoms with van der Waals surface area (Å²) in [5.74, 6) is -0.0277. The van der Waals surface area contributed by atoms with Crippen molar-refractivity contribution >= 4 is 53.0 Å². The number of methoxy groups -OCH3 is 1. The molecule has 232 valence electrons. The summed E-state index contributed by atoms with van der Waals surface area (Å²) in [5.41, 5.74) is 3.32. The van der Waals surface area contributed by atoms with Crippen LogP contribution >= 0.6 is 24.0 Å². The number of piperazine rings is 1. The van der Waals surface area contributed by atoms with E-state index in [4.69, 9.17) is 16.3 Å². The number of anilines is 2. The van der Waals surface area contributed by atoms with Gasteiger partial charge in [0.2, 0.25) is 5.91 Å². The summed E-state index contributed by atoms with van der Waals surface area (Å²) in [7, 11) is 1.43. The lowest BCUT2D eigenvalue weighted by atomic mass is 10.1. The number of fused-ring (bicyclic) bond motifs is 1. The van der Waals surface area contributed by atoms with Crippen molar-refractivity contribution in [3.8, 4) is 17.0 Å². The van der Waals surface area contributed by atoms with Gasteiger partial charge in [-0.1, -0.05) is 11.6 Å². The number of benzene rings is 2. The van der Waals surface area contributed by atoms with Crippen LogP contribution in [0.3, 0.4) is 0 Å². The molecule has 6 rings (SSSR count). The van der Waals surface area contributed by atoms with Gasteiger partial charge in [0, 0.05) is 61.9 Å². The Morgan fingerprint density at radius 3 is 2.57 bits per heavy atom. The molecule has 0 saturated carbocycles. The highest BCUT2D eigenvalue weighted by molar-refractivity contribution is 6.32. The molecule has 0 radical (unpaired) electrons. The number of β-amino-alcohol motifs (C(OH)–C–C–N with tert-alkyl or cyclic N) is 1. The molecule has 2 aliphatic rings. The van der Waals surface area contributed by atoms with Crippen molar-refractivity contribution in [2.75, 3.05) is 45.2 Å². The quantitative estimate of drug-likeness (QED) is 0.291. The molecular weight excluding hydrogens is 612 g/mol. The predicted molar refractivity (Wildman–Crippen MR) is 167 cm³/mol. The van der Waals surface area contributed by atoms with Gasteiger partial charge in [-0.3, -0.25) is 14.0 Å². The molecule has 4 aromatic rings. The van der Waals surface area contributed by atoms with Crippen LogP contribution in [0.15, 0.2) is 48.9 Å². The Labute approximate surface area is 264 Å². The predicted octanol–water partition coefficient (Wildman–Crippen LogP) is 3.68. The van der Waals surface area contributed by atoms with Crippen LogP contribution in [0.25, 0.3) is 16.9 Å². The molecule has 14 heteroatoms. The summed E-state index contributed by atoms with van der Waals surface area (Å²) < 4.78 is 21.9. The first-order valence-electron chi connectivity index (χ1n) is 14.0. The number of aromatic nitrogens is 3. The zero-order chi connectivity index (χ0) is 30.2. The first-order valence-corrected chi connectivity index (χ1v) is 14.3. The summed E-state index contributed by atoms with van der Waals surface area (Å²) in [6.45, 7) is 4.07. The fourth-order valence-electron chi connectivity index (χ4n) is 5.64. The molecular formula is C30H32Cl2FN7O4. The third kappa shape index (κ3) is 5.90. The van der Waals surface area contributed by atoms with Crippen molar-refractivity contribution in [3.05, 3.63) is 70.9 Å². The molecule has 2 aromatic carbocycles. The van der Waals surface area contributed by atoms with Crippen LogP contribution in [-0.4, -0.2) is 93.1 Å². The minimum atomic E-state index is -0.608. The number of aryl methyl sites for hydroxylation is 1. The molecule has 44 heavy (non-hydrogen) atoms. The topological polar surface area (TPSA) is 124 Å². The van der Waals surface area contributed by atoms with E-state index in [1.54, 1.807) is 57.1 Å². The third-order valence-electron chi connectivity index (χ3n) is 7.97. The molecule has 2 atom stereocenters. The summed E-state index contributed by atoms with van der Waals surface area (Å²) in [6, 6.07) is 8.26. The normalized spacial score (nSPS) is 18.3. The molecule has 2 fully saturated rings. The Morgan fingerprint density at radius 2 is 1.89 bits per heavy atom. The summed E-state index contributed by atoms with van der Waals surface area (Å²) in [5, 5.41) is 15.9. The van der Waals surface area contributed by atoms with Gasteiger partial charge < -0.3 is 30.3 Å². The van der Waals surface area contributed by atoms with Crippen LogP contribution < -0.4 is 15.4 Å². The first kappa shape index (κ1) is 31.5. The fraction of sp³-hybridized carbons (Fsp3) is 0.333. The fourth-order valence-corrected chi connectivity index (χ4v) is 5.88. The molecule has 3 N–H and O–H groups in total. The van der Waals surface area contributed by atoms with Gasteiger partial charge in [0.1, 0.15) is 10.8 Å². The molecule has 11 nitrogen and oxygen atoms in total. The van der Waals surface area contributed by atoms with Gasteiger partial charge in [0.05, 0.1) is 31.1 Å².